The van der Waals surface area contributed by atoms with E-state index in [1.807, 2.05) is 13.3 Å². The van der Waals surface area contributed by atoms with Gasteiger partial charge >= 0.3 is 0 Å². The number of rotatable bonds is 2. The van der Waals surface area contributed by atoms with Crippen molar-refractivity contribution in [1.82, 2.24) is 0 Å². The molecule has 0 fully saturated rings. The molecule has 1 heteroatoms. The first-order chi connectivity index (χ1) is 9.63. The maximum atomic E-state index is 4.15. The van der Waals surface area contributed by atoms with Crippen LogP contribution in [0.5, 0.6) is 0 Å². The largest absolute Gasteiger partial charge is 0.296 e. The molecular weight excluding hydrogens is 242 g/mol. The van der Waals surface area contributed by atoms with Gasteiger partial charge in [0.2, 0.25) is 0 Å². The zero-order chi connectivity index (χ0) is 14.5. The standard InChI is InChI=1S/C19H23N/c1-14-9-10-16(3)19(12-11-17(14)13-20-4)18-8-6-5-7-15(18)2/h5-9,11-13,16H,10H2,1-4H3/b14-9+,17-11-,19-12+,20-13-. The van der Waals surface area contributed by atoms with Crippen molar-refractivity contribution in [3.05, 3.63) is 64.8 Å². The Balaban J connectivity index is 2.50. The van der Waals surface area contributed by atoms with Gasteiger partial charge in [-0.3, -0.25) is 4.99 Å². The third-order valence-corrected chi connectivity index (χ3v) is 3.93. The minimum Gasteiger partial charge on any atom is -0.296 e. The third kappa shape index (κ3) is 3.16. The van der Waals surface area contributed by atoms with Crippen molar-refractivity contribution in [3.8, 4) is 0 Å². The van der Waals surface area contributed by atoms with Gasteiger partial charge in [0.1, 0.15) is 0 Å². The molecule has 20 heavy (non-hydrogen) atoms. The van der Waals surface area contributed by atoms with Gasteiger partial charge in [-0.2, -0.15) is 0 Å². The minimum atomic E-state index is 0.530. The summed E-state index contributed by atoms with van der Waals surface area (Å²) in [4.78, 5) is 4.15. The summed E-state index contributed by atoms with van der Waals surface area (Å²) >= 11 is 0. The van der Waals surface area contributed by atoms with Crippen LogP contribution in [0.4, 0.5) is 0 Å². The van der Waals surface area contributed by atoms with E-state index in [9.17, 15) is 0 Å². The number of allylic oxidation sites excluding steroid dienone is 6. The van der Waals surface area contributed by atoms with Crippen molar-refractivity contribution in [1.29, 1.82) is 0 Å². The summed E-state index contributed by atoms with van der Waals surface area (Å²) in [7, 11) is 1.82. The summed E-state index contributed by atoms with van der Waals surface area (Å²) in [6, 6.07) is 8.62. The maximum absolute atomic E-state index is 4.15. The number of aliphatic imine (C=N–C) groups is 1. The van der Waals surface area contributed by atoms with E-state index in [-0.39, 0.29) is 0 Å². The number of nitrogens with zero attached hydrogens (tertiary/aromatic N) is 1. The summed E-state index contributed by atoms with van der Waals surface area (Å²) in [5.74, 6) is 0.530. The summed E-state index contributed by atoms with van der Waals surface area (Å²) < 4.78 is 0. The summed E-state index contributed by atoms with van der Waals surface area (Å²) in [5.41, 5.74) is 6.62. The van der Waals surface area contributed by atoms with E-state index in [2.05, 4.69) is 68.3 Å². The zero-order valence-electron chi connectivity index (χ0n) is 12.9. The molecule has 1 nitrogen and oxygen atoms in total. The van der Waals surface area contributed by atoms with Gasteiger partial charge in [0, 0.05) is 13.3 Å². The average molecular weight is 265 g/mol. The van der Waals surface area contributed by atoms with Crippen LogP contribution in [0.3, 0.4) is 0 Å². The zero-order valence-corrected chi connectivity index (χ0v) is 12.9. The molecule has 1 unspecified atom stereocenters. The van der Waals surface area contributed by atoms with E-state index in [0.717, 1.165) is 6.42 Å². The second-order valence-corrected chi connectivity index (χ2v) is 5.47. The molecule has 0 bridgehead atoms. The summed E-state index contributed by atoms with van der Waals surface area (Å²) in [6.07, 6.45) is 9.79. The highest BCUT2D eigenvalue weighted by Gasteiger charge is 2.13. The monoisotopic (exact) mass is 265 g/mol. The topological polar surface area (TPSA) is 12.4 Å². The van der Waals surface area contributed by atoms with Crippen LogP contribution in [0.25, 0.3) is 5.57 Å². The fourth-order valence-electron chi connectivity index (χ4n) is 2.61. The van der Waals surface area contributed by atoms with Gasteiger partial charge in [-0.15, -0.1) is 0 Å². The van der Waals surface area contributed by atoms with E-state index in [0.29, 0.717) is 5.92 Å². The number of benzene rings is 1. The van der Waals surface area contributed by atoms with Crippen molar-refractivity contribution < 1.29 is 0 Å². The lowest BCUT2D eigenvalue weighted by atomic mass is 9.86. The molecule has 0 radical (unpaired) electrons. The molecular formula is C19H23N. The summed E-state index contributed by atoms with van der Waals surface area (Å²) in [6.45, 7) is 6.64. The van der Waals surface area contributed by atoms with Gasteiger partial charge in [-0.25, -0.2) is 0 Å². The molecule has 1 atom stereocenters. The molecule has 1 aliphatic rings. The van der Waals surface area contributed by atoms with E-state index in [1.165, 1.54) is 27.8 Å². The highest BCUT2D eigenvalue weighted by molar-refractivity contribution is 5.86. The molecule has 0 saturated heterocycles. The average Bonchev–Trinajstić information content (AvgIpc) is 2.44. The molecule has 0 amide bonds. The predicted octanol–water partition coefficient (Wildman–Crippen LogP) is 4.99. The first kappa shape index (κ1) is 14.5. The first-order valence-electron chi connectivity index (χ1n) is 7.20. The van der Waals surface area contributed by atoms with Gasteiger partial charge in [0.05, 0.1) is 0 Å². The molecule has 1 aromatic carbocycles. The fourth-order valence-corrected chi connectivity index (χ4v) is 2.61. The molecule has 0 spiro atoms. The van der Waals surface area contributed by atoms with Crippen molar-refractivity contribution in [2.24, 2.45) is 10.9 Å². The lowest BCUT2D eigenvalue weighted by Crippen LogP contribution is -2.02. The van der Waals surface area contributed by atoms with Gasteiger partial charge in [-0.1, -0.05) is 49.4 Å². The smallest absolute Gasteiger partial charge is 0.0283 e. The van der Waals surface area contributed by atoms with E-state index < -0.39 is 0 Å². The molecule has 0 heterocycles. The molecule has 1 aromatic rings. The Morgan fingerprint density at radius 2 is 1.90 bits per heavy atom. The second kappa shape index (κ2) is 6.51. The molecule has 0 saturated carbocycles. The summed E-state index contributed by atoms with van der Waals surface area (Å²) in [5, 5.41) is 0. The lowest BCUT2D eigenvalue weighted by Gasteiger charge is -2.19. The molecule has 0 N–H and O–H groups in total. The Bertz CT molecular complexity index is 600. The Hall–Kier alpha value is -1.89. The van der Waals surface area contributed by atoms with Gasteiger partial charge in [0.15, 0.2) is 0 Å². The molecule has 2 rings (SSSR count). The Kier molecular flexibility index (Phi) is 4.73. The maximum Gasteiger partial charge on any atom is 0.0283 e. The number of hydrogen-bond donors (Lipinski definition) is 0. The van der Waals surface area contributed by atoms with Crippen molar-refractivity contribution in [2.45, 2.75) is 27.2 Å². The predicted molar refractivity (Wildman–Crippen MR) is 89.2 cm³/mol. The quantitative estimate of drug-likeness (QED) is 0.668. The molecule has 0 aromatic heterocycles. The third-order valence-electron chi connectivity index (χ3n) is 3.93. The van der Waals surface area contributed by atoms with Crippen molar-refractivity contribution in [2.75, 3.05) is 7.05 Å². The highest BCUT2D eigenvalue weighted by atomic mass is 14.6. The Labute approximate surface area is 122 Å². The van der Waals surface area contributed by atoms with Crippen LogP contribution in [0.15, 0.2) is 58.6 Å². The van der Waals surface area contributed by atoms with Crippen molar-refractivity contribution >= 4 is 11.8 Å². The van der Waals surface area contributed by atoms with E-state index in [1.54, 1.807) is 0 Å². The van der Waals surface area contributed by atoms with Gasteiger partial charge in [0.25, 0.3) is 0 Å². The molecule has 0 aliphatic heterocycles. The van der Waals surface area contributed by atoms with Crippen LogP contribution in [-0.4, -0.2) is 13.3 Å². The molecule has 104 valence electrons. The lowest BCUT2D eigenvalue weighted by molar-refractivity contribution is 0.760. The highest BCUT2D eigenvalue weighted by Crippen LogP contribution is 2.31. The van der Waals surface area contributed by atoms with Gasteiger partial charge in [-0.05, 0) is 54.0 Å². The minimum absolute atomic E-state index is 0.530. The van der Waals surface area contributed by atoms with Crippen LogP contribution in [0, 0.1) is 12.8 Å². The molecule has 1 aliphatic carbocycles. The number of aryl methyl sites for hydroxylation is 1. The van der Waals surface area contributed by atoms with Crippen LogP contribution in [0.1, 0.15) is 31.4 Å². The Morgan fingerprint density at radius 3 is 2.60 bits per heavy atom. The second-order valence-electron chi connectivity index (χ2n) is 5.47. The van der Waals surface area contributed by atoms with E-state index in [4.69, 9.17) is 0 Å². The first-order valence-corrected chi connectivity index (χ1v) is 7.20. The normalized spacial score (nSPS) is 27.8. The fraction of sp³-hybridized carbons (Fsp3) is 0.316. The number of hydrogen-bond acceptors (Lipinski definition) is 1. The van der Waals surface area contributed by atoms with Gasteiger partial charge < -0.3 is 0 Å². The van der Waals surface area contributed by atoms with Crippen LogP contribution < -0.4 is 0 Å². The Morgan fingerprint density at radius 1 is 1.15 bits per heavy atom. The van der Waals surface area contributed by atoms with Crippen LogP contribution in [0.2, 0.25) is 0 Å². The van der Waals surface area contributed by atoms with Crippen LogP contribution >= 0.6 is 0 Å². The van der Waals surface area contributed by atoms with Crippen LogP contribution in [-0.2, 0) is 0 Å². The van der Waals surface area contributed by atoms with Crippen molar-refractivity contribution in [3.63, 3.8) is 0 Å². The SMILES string of the molecule is C\N=C/C1=C/C=C(/c2ccccc2C)C(C)C\C=C\1C. The van der Waals surface area contributed by atoms with E-state index >= 15 is 0 Å².